The number of aliphatic carboxylic acids is 1. The van der Waals surface area contributed by atoms with E-state index in [2.05, 4.69) is 11.4 Å². The van der Waals surface area contributed by atoms with Gasteiger partial charge in [-0.1, -0.05) is 24.3 Å². The Kier molecular flexibility index (Phi) is 1.35. The Labute approximate surface area is 81.8 Å². The summed E-state index contributed by atoms with van der Waals surface area (Å²) < 4.78 is 0. The highest BCUT2D eigenvalue weighted by atomic mass is 16.4. The van der Waals surface area contributed by atoms with Gasteiger partial charge in [0, 0.05) is 12.5 Å². The fraction of sp³-hybridized carbons (Fsp3) is 0.364. The van der Waals surface area contributed by atoms with Crippen LogP contribution in [-0.4, -0.2) is 16.6 Å². The van der Waals surface area contributed by atoms with Crippen LogP contribution in [0.3, 0.4) is 0 Å². The van der Waals surface area contributed by atoms with E-state index in [1.165, 1.54) is 11.1 Å². The van der Waals surface area contributed by atoms with Gasteiger partial charge in [0.15, 0.2) is 0 Å². The summed E-state index contributed by atoms with van der Waals surface area (Å²) in [6.07, 6.45) is 0.735. The smallest absolute Gasteiger partial charge is 0.324 e. The summed E-state index contributed by atoms with van der Waals surface area (Å²) in [7, 11) is 0. The molecule has 0 spiro atoms. The predicted molar refractivity (Wildman–Crippen MR) is 51.0 cm³/mol. The summed E-state index contributed by atoms with van der Waals surface area (Å²) in [4.78, 5) is 11.1. The van der Waals surface area contributed by atoms with Gasteiger partial charge < -0.3 is 5.11 Å². The summed E-state index contributed by atoms with van der Waals surface area (Å²) in [6, 6.07) is 8.09. The number of hydrogen-bond acceptors (Lipinski definition) is 2. The summed E-state index contributed by atoms with van der Waals surface area (Å²) in [5.41, 5.74) is 1.81. The lowest BCUT2D eigenvalue weighted by atomic mass is 9.96. The SMILES string of the molecule is O=C(O)C12CC1c1ccccc1CN2. The molecule has 0 amide bonds. The Balaban J connectivity index is 2.05. The Morgan fingerprint density at radius 1 is 1.50 bits per heavy atom. The first kappa shape index (κ1) is 8.00. The van der Waals surface area contributed by atoms with E-state index < -0.39 is 11.5 Å². The maximum Gasteiger partial charge on any atom is 0.324 e. The molecular weight excluding hydrogens is 178 g/mol. The van der Waals surface area contributed by atoms with Crippen molar-refractivity contribution in [2.45, 2.75) is 24.4 Å². The molecule has 72 valence electrons. The van der Waals surface area contributed by atoms with Gasteiger partial charge in [-0.25, -0.2) is 0 Å². The molecule has 3 rings (SSSR count). The normalized spacial score (nSPS) is 33.0. The first-order valence-corrected chi connectivity index (χ1v) is 4.80. The van der Waals surface area contributed by atoms with Gasteiger partial charge in [0.05, 0.1) is 0 Å². The average molecular weight is 189 g/mol. The molecule has 1 aromatic carbocycles. The van der Waals surface area contributed by atoms with Crippen molar-refractivity contribution in [2.24, 2.45) is 0 Å². The third kappa shape index (κ3) is 0.826. The zero-order valence-electron chi connectivity index (χ0n) is 7.66. The summed E-state index contributed by atoms with van der Waals surface area (Å²) in [5, 5.41) is 12.2. The van der Waals surface area contributed by atoms with Crippen LogP contribution < -0.4 is 5.32 Å². The van der Waals surface area contributed by atoms with Crippen LogP contribution in [0.2, 0.25) is 0 Å². The molecule has 0 saturated heterocycles. The Hall–Kier alpha value is -1.35. The quantitative estimate of drug-likeness (QED) is 0.695. The van der Waals surface area contributed by atoms with E-state index in [1.54, 1.807) is 0 Å². The molecule has 2 aliphatic rings. The molecule has 1 saturated carbocycles. The van der Waals surface area contributed by atoms with Crippen molar-refractivity contribution in [2.75, 3.05) is 0 Å². The monoisotopic (exact) mass is 189 g/mol. The molecule has 14 heavy (non-hydrogen) atoms. The number of nitrogens with one attached hydrogen (secondary N) is 1. The van der Waals surface area contributed by atoms with Crippen LogP contribution in [0.5, 0.6) is 0 Å². The number of hydrogen-bond donors (Lipinski definition) is 2. The third-order valence-corrected chi connectivity index (χ3v) is 3.37. The fourth-order valence-electron chi connectivity index (χ4n) is 2.43. The molecule has 2 N–H and O–H groups in total. The number of carboxylic acids is 1. The lowest BCUT2D eigenvalue weighted by Crippen LogP contribution is -2.42. The summed E-state index contributed by atoms with van der Waals surface area (Å²) >= 11 is 0. The largest absolute Gasteiger partial charge is 0.480 e. The van der Waals surface area contributed by atoms with Gasteiger partial charge in [-0.3, -0.25) is 10.1 Å². The van der Waals surface area contributed by atoms with Crippen molar-refractivity contribution in [3.63, 3.8) is 0 Å². The highest BCUT2D eigenvalue weighted by Crippen LogP contribution is 2.54. The maximum atomic E-state index is 11.1. The maximum absolute atomic E-state index is 11.1. The van der Waals surface area contributed by atoms with Crippen molar-refractivity contribution in [3.8, 4) is 0 Å². The Morgan fingerprint density at radius 3 is 3.07 bits per heavy atom. The number of benzene rings is 1. The summed E-state index contributed by atoms with van der Waals surface area (Å²) in [6.45, 7) is 0.680. The number of carboxylic acid groups (broad SMARTS) is 1. The second kappa shape index (κ2) is 2.36. The van der Waals surface area contributed by atoms with Gasteiger partial charge in [-0.05, 0) is 17.5 Å². The lowest BCUT2D eigenvalue weighted by Gasteiger charge is -2.22. The first-order valence-electron chi connectivity index (χ1n) is 4.80. The highest BCUT2D eigenvalue weighted by molar-refractivity contribution is 5.86. The van der Waals surface area contributed by atoms with Crippen LogP contribution in [0.25, 0.3) is 0 Å². The Bertz CT molecular complexity index is 416. The minimum atomic E-state index is -0.711. The van der Waals surface area contributed by atoms with Gasteiger partial charge in [-0.15, -0.1) is 0 Å². The fourth-order valence-corrected chi connectivity index (χ4v) is 2.43. The second-order valence-corrected chi connectivity index (χ2v) is 4.09. The molecule has 0 aromatic heterocycles. The topological polar surface area (TPSA) is 49.3 Å². The molecule has 3 heteroatoms. The third-order valence-electron chi connectivity index (χ3n) is 3.37. The van der Waals surface area contributed by atoms with Crippen LogP contribution in [-0.2, 0) is 11.3 Å². The van der Waals surface area contributed by atoms with E-state index in [4.69, 9.17) is 5.11 Å². The van der Waals surface area contributed by atoms with Gasteiger partial charge >= 0.3 is 5.97 Å². The molecule has 1 fully saturated rings. The molecule has 1 heterocycles. The van der Waals surface area contributed by atoms with Crippen LogP contribution >= 0.6 is 0 Å². The van der Waals surface area contributed by atoms with Gasteiger partial charge in [-0.2, -0.15) is 0 Å². The van der Waals surface area contributed by atoms with Crippen LogP contribution in [0.4, 0.5) is 0 Å². The molecule has 1 aliphatic carbocycles. The van der Waals surface area contributed by atoms with Gasteiger partial charge in [0.2, 0.25) is 0 Å². The van der Waals surface area contributed by atoms with Crippen molar-refractivity contribution < 1.29 is 9.90 Å². The number of rotatable bonds is 1. The lowest BCUT2D eigenvalue weighted by molar-refractivity contribution is -0.141. The zero-order valence-corrected chi connectivity index (χ0v) is 7.66. The second-order valence-electron chi connectivity index (χ2n) is 4.09. The minimum Gasteiger partial charge on any atom is -0.480 e. The first-order chi connectivity index (χ1) is 6.74. The highest BCUT2D eigenvalue weighted by Gasteiger charge is 2.63. The van der Waals surface area contributed by atoms with Crippen LogP contribution in [0.15, 0.2) is 24.3 Å². The van der Waals surface area contributed by atoms with E-state index >= 15 is 0 Å². The van der Waals surface area contributed by atoms with E-state index in [0.29, 0.717) is 6.54 Å². The van der Waals surface area contributed by atoms with Crippen molar-refractivity contribution in [1.82, 2.24) is 5.32 Å². The van der Waals surface area contributed by atoms with Crippen molar-refractivity contribution >= 4 is 5.97 Å². The molecule has 3 nitrogen and oxygen atoms in total. The standard InChI is InChI=1S/C11H11NO2/c13-10(14)11-5-9(11)8-4-2-1-3-7(8)6-12-11/h1-4,9,12H,5-6H2,(H,13,14). The van der Waals surface area contributed by atoms with E-state index in [-0.39, 0.29) is 5.92 Å². The average Bonchev–Trinajstić information content (AvgIpc) is 2.94. The zero-order chi connectivity index (χ0) is 9.76. The van der Waals surface area contributed by atoms with Crippen molar-refractivity contribution in [3.05, 3.63) is 35.4 Å². The predicted octanol–water partition coefficient (Wildman–Crippen LogP) is 1.10. The number of carbonyl (C=O) groups is 1. The van der Waals surface area contributed by atoms with Gasteiger partial charge in [0.1, 0.15) is 5.54 Å². The van der Waals surface area contributed by atoms with E-state index in [0.717, 1.165) is 6.42 Å². The molecule has 0 bridgehead atoms. The molecule has 1 aliphatic heterocycles. The van der Waals surface area contributed by atoms with Crippen LogP contribution in [0, 0.1) is 0 Å². The summed E-state index contributed by atoms with van der Waals surface area (Å²) in [5.74, 6) is -0.526. The molecule has 0 radical (unpaired) electrons. The van der Waals surface area contributed by atoms with E-state index in [9.17, 15) is 4.79 Å². The molecule has 2 atom stereocenters. The minimum absolute atomic E-state index is 0.185. The Morgan fingerprint density at radius 2 is 2.29 bits per heavy atom. The van der Waals surface area contributed by atoms with Crippen LogP contribution in [0.1, 0.15) is 23.5 Å². The van der Waals surface area contributed by atoms with E-state index in [1.807, 2.05) is 18.2 Å². The number of fused-ring (bicyclic) bond motifs is 3. The molecule has 2 unspecified atom stereocenters. The molecule has 1 aromatic rings. The van der Waals surface area contributed by atoms with Crippen molar-refractivity contribution in [1.29, 1.82) is 0 Å². The molecular formula is C11H11NO2. The van der Waals surface area contributed by atoms with Gasteiger partial charge in [0.25, 0.3) is 0 Å².